The number of thioether (sulfide) groups is 1. The van der Waals surface area contributed by atoms with Crippen LogP contribution in [0.2, 0.25) is 0 Å². The predicted octanol–water partition coefficient (Wildman–Crippen LogP) is 3.16. The lowest BCUT2D eigenvalue weighted by Crippen LogP contribution is -2.41. The van der Waals surface area contributed by atoms with Crippen LogP contribution in [0.25, 0.3) is 0 Å². The summed E-state index contributed by atoms with van der Waals surface area (Å²) in [6.07, 6.45) is 2.05. The third-order valence-corrected chi connectivity index (χ3v) is 4.85. The van der Waals surface area contributed by atoms with Crippen LogP contribution >= 0.6 is 27.7 Å². The average molecular weight is 359 g/mol. The highest BCUT2D eigenvalue weighted by Crippen LogP contribution is 2.26. The SMILES string of the molecule is O=C(Nc1c(Br)cccc1C(=O)O)NC1CCCSC1. The van der Waals surface area contributed by atoms with Crippen LogP contribution < -0.4 is 10.6 Å². The summed E-state index contributed by atoms with van der Waals surface area (Å²) in [7, 11) is 0. The molecular formula is C13H15BrN2O3S. The van der Waals surface area contributed by atoms with Gasteiger partial charge in [-0.15, -0.1) is 0 Å². The molecule has 5 nitrogen and oxygen atoms in total. The van der Waals surface area contributed by atoms with E-state index in [9.17, 15) is 9.59 Å². The van der Waals surface area contributed by atoms with E-state index in [1.807, 2.05) is 11.8 Å². The summed E-state index contributed by atoms with van der Waals surface area (Å²) >= 11 is 5.08. The number of hydrogen-bond donors (Lipinski definition) is 3. The number of aromatic carboxylic acids is 1. The van der Waals surface area contributed by atoms with Crippen LogP contribution in [0.1, 0.15) is 23.2 Å². The van der Waals surface area contributed by atoms with Gasteiger partial charge in [-0.25, -0.2) is 9.59 Å². The van der Waals surface area contributed by atoms with Crippen molar-refractivity contribution in [3.05, 3.63) is 28.2 Å². The van der Waals surface area contributed by atoms with Crippen LogP contribution in [0.4, 0.5) is 10.5 Å². The van der Waals surface area contributed by atoms with Crippen molar-refractivity contribution in [2.45, 2.75) is 18.9 Å². The first-order valence-electron chi connectivity index (χ1n) is 6.25. The number of nitrogens with one attached hydrogen (secondary N) is 2. The Morgan fingerprint density at radius 2 is 2.20 bits per heavy atom. The number of para-hydroxylation sites is 1. The number of anilines is 1. The second-order valence-corrected chi connectivity index (χ2v) is 6.48. The van der Waals surface area contributed by atoms with Crippen molar-refractivity contribution in [1.29, 1.82) is 0 Å². The fourth-order valence-electron chi connectivity index (χ4n) is 2.02. The summed E-state index contributed by atoms with van der Waals surface area (Å²) < 4.78 is 0.547. The molecular weight excluding hydrogens is 344 g/mol. The second kappa shape index (κ2) is 6.99. The van der Waals surface area contributed by atoms with E-state index in [4.69, 9.17) is 5.11 Å². The molecule has 0 aliphatic carbocycles. The molecule has 1 aliphatic rings. The normalized spacial score (nSPS) is 18.4. The summed E-state index contributed by atoms with van der Waals surface area (Å²) in [5, 5.41) is 14.6. The molecule has 0 aromatic heterocycles. The number of carbonyl (C=O) groups is 2. The molecule has 1 aromatic rings. The van der Waals surface area contributed by atoms with Crippen LogP contribution in [-0.4, -0.2) is 34.7 Å². The molecule has 1 fully saturated rings. The number of rotatable bonds is 3. The van der Waals surface area contributed by atoms with E-state index in [1.165, 1.54) is 6.07 Å². The maximum absolute atomic E-state index is 12.0. The van der Waals surface area contributed by atoms with E-state index >= 15 is 0 Å². The van der Waals surface area contributed by atoms with Crippen LogP contribution in [0.5, 0.6) is 0 Å². The molecule has 3 N–H and O–H groups in total. The number of carboxylic acids is 1. The van der Waals surface area contributed by atoms with E-state index in [-0.39, 0.29) is 23.3 Å². The molecule has 7 heteroatoms. The van der Waals surface area contributed by atoms with Gasteiger partial charge >= 0.3 is 12.0 Å². The molecule has 108 valence electrons. The number of carboxylic acid groups (broad SMARTS) is 1. The van der Waals surface area contributed by atoms with Crippen molar-refractivity contribution in [3.8, 4) is 0 Å². The first kappa shape index (κ1) is 15.2. The van der Waals surface area contributed by atoms with E-state index in [2.05, 4.69) is 26.6 Å². The number of urea groups is 1. The Bertz CT molecular complexity index is 518. The maximum atomic E-state index is 12.0. The van der Waals surface area contributed by atoms with Gasteiger partial charge in [-0.2, -0.15) is 11.8 Å². The van der Waals surface area contributed by atoms with Gasteiger partial charge in [0.05, 0.1) is 11.3 Å². The van der Waals surface area contributed by atoms with Crippen LogP contribution in [0.3, 0.4) is 0 Å². The number of carbonyl (C=O) groups excluding carboxylic acids is 1. The molecule has 1 unspecified atom stereocenters. The van der Waals surface area contributed by atoms with Gasteiger partial charge < -0.3 is 15.7 Å². The molecule has 20 heavy (non-hydrogen) atoms. The Balaban J connectivity index is 2.05. The van der Waals surface area contributed by atoms with Gasteiger partial charge in [-0.3, -0.25) is 0 Å². The molecule has 0 spiro atoms. The largest absolute Gasteiger partial charge is 0.478 e. The van der Waals surface area contributed by atoms with Crippen molar-refractivity contribution in [2.75, 3.05) is 16.8 Å². The molecule has 2 amide bonds. The Morgan fingerprint density at radius 1 is 1.40 bits per heavy atom. The van der Waals surface area contributed by atoms with Crippen LogP contribution in [-0.2, 0) is 0 Å². The topological polar surface area (TPSA) is 78.4 Å². The summed E-state index contributed by atoms with van der Waals surface area (Å²) in [6, 6.07) is 4.54. The Morgan fingerprint density at radius 3 is 2.85 bits per heavy atom. The lowest BCUT2D eigenvalue weighted by molar-refractivity contribution is 0.0698. The Hall–Kier alpha value is -1.21. The number of hydrogen-bond acceptors (Lipinski definition) is 3. The van der Waals surface area contributed by atoms with Gasteiger partial charge in [0.25, 0.3) is 0 Å². The van der Waals surface area contributed by atoms with Crippen molar-refractivity contribution >= 4 is 45.4 Å². The smallest absolute Gasteiger partial charge is 0.337 e. The molecule has 1 atom stereocenters. The van der Waals surface area contributed by atoms with Gasteiger partial charge in [0.1, 0.15) is 0 Å². The van der Waals surface area contributed by atoms with Crippen molar-refractivity contribution in [1.82, 2.24) is 5.32 Å². The van der Waals surface area contributed by atoms with Gasteiger partial charge in [-0.1, -0.05) is 6.07 Å². The molecule has 2 rings (SSSR count). The van der Waals surface area contributed by atoms with E-state index in [1.54, 1.807) is 12.1 Å². The van der Waals surface area contributed by atoms with Crippen molar-refractivity contribution < 1.29 is 14.7 Å². The maximum Gasteiger partial charge on any atom is 0.337 e. The monoisotopic (exact) mass is 358 g/mol. The fourth-order valence-corrected chi connectivity index (χ4v) is 3.56. The summed E-state index contributed by atoms with van der Waals surface area (Å²) in [5.74, 6) is 0.956. The number of amides is 2. The molecule has 0 bridgehead atoms. The van der Waals surface area contributed by atoms with Crippen molar-refractivity contribution in [2.24, 2.45) is 0 Å². The van der Waals surface area contributed by atoms with E-state index in [0.717, 1.165) is 24.3 Å². The third-order valence-electron chi connectivity index (χ3n) is 2.98. The molecule has 1 heterocycles. The highest BCUT2D eigenvalue weighted by atomic mass is 79.9. The van der Waals surface area contributed by atoms with Gasteiger partial charge in [-0.05, 0) is 46.7 Å². The molecule has 1 saturated heterocycles. The first-order valence-corrected chi connectivity index (χ1v) is 8.20. The lowest BCUT2D eigenvalue weighted by atomic mass is 10.2. The zero-order valence-electron chi connectivity index (χ0n) is 10.7. The van der Waals surface area contributed by atoms with Gasteiger partial charge in [0.2, 0.25) is 0 Å². The zero-order valence-corrected chi connectivity index (χ0v) is 13.1. The summed E-state index contributed by atoms with van der Waals surface area (Å²) in [5.41, 5.74) is 0.341. The van der Waals surface area contributed by atoms with Gasteiger partial charge in [0, 0.05) is 16.3 Å². The summed E-state index contributed by atoms with van der Waals surface area (Å²) in [6.45, 7) is 0. The summed E-state index contributed by atoms with van der Waals surface area (Å²) in [4.78, 5) is 23.1. The van der Waals surface area contributed by atoms with Gasteiger partial charge in [0.15, 0.2) is 0 Å². The first-order chi connectivity index (χ1) is 9.58. The quantitative estimate of drug-likeness (QED) is 0.775. The minimum absolute atomic E-state index is 0.0625. The zero-order chi connectivity index (χ0) is 14.5. The molecule has 1 aliphatic heterocycles. The minimum Gasteiger partial charge on any atom is -0.478 e. The number of benzene rings is 1. The second-order valence-electron chi connectivity index (χ2n) is 4.48. The third kappa shape index (κ3) is 3.89. The van der Waals surface area contributed by atoms with E-state index in [0.29, 0.717) is 4.47 Å². The Kier molecular flexibility index (Phi) is 5.31. The predicted molar refractivity (Wildman–Crippen MR) is 83.6 cm³/mol. The van der Waals surface area contributed by atoms with Crippen LogP contribution in [0, 0.1) is 0 Å². The van der Waals surface area contributed by atoms with Crippen LogP contribution in [0.15, 0.2) is 22.7 Å². The highest BCUT2D eigenvalue weighted by Gasteiger charge is 2.19. The standard InChI is InChI=1S/C13H15BrN2O3S/c14-10-5-1-4-9(12(17)18)11(10)16-13(19)15-8-3-2-6-20-7-8/h1,4-5,8H,2-3,6-7H2,(H,17,18)(H2,15,16,19). The number of halogens is 1. The molecule has 0 radical (unpaired) electrons. The minimum atomic E-state index is -1.07. The lowest BCUT2D eigenvalue weighted by Gasteiger charge is -2.23. The van der Waals surface area contributed by atoms with E-state index < -0.39 is 5.97 Å². The average Bonchev–Trinajstić information content (AvgIpc) is 2.42. The van der Waals surface area contributed by atoms with Crippen molar-refractivity contribution in [3.63, 3.8) is 0 Å². The fraction of sp³-hybridized carbons (Fsp3) is 0.385. The Labute approximate surface area is 129 Å². The molecule has 1 aromatic carbocycles. The highest BCUT2D eigenvalue weighted by molar-refractivity contribution is 9.10. The molecule has 0 saturated carbocycles.